The van der Waals surface area contributed by atoms with Crippen molar-refractivity contribution in [2.24, 2.45) is 5.41 Å². The number of likely N-dealkylation sites (N-methyl/N-ethyl adjacent to an activating group) is 1. The second kappa shape index (κ2) is 5.68. The van der Waals surface area contributed by atoms with E-state index in [2.05, 4.69) is 35.9 Å². The molecule has 0 radical (unpaired) electrons. The van der Waals surface area contributed by atoms with Crippen LogP contribution in [0, 0.1) is 5.41 Å². The summed E-state index contributed by atoms with van der Waals surface area (Å²) in [7, 11) is 0. The number of hydrogen-bond donors (Lipinski definition) is 1. The lowest BCUT2D eigenvalue weighted by Crippen LogP contribution is -2.55. The average Bonchev–Trinajstić information content (AvgIpc) is 2.29. The van der Waals surface area contributed by atoms with Crippen LogP contribution in [-0.4, -0.2) is 61.7 Å². The molecule has 3 heteroatoms. The molecule has 0 aromatic heterocycles. The molecule has 0 aromatic rings. The van der Waals surface area contributed by atoms with Gasteiger partial charge in [0.2, 0.25) is 0 Å². The van der Waals surface area contributed by atoms with Gasteiger partial charge < -0.3 is 5.32 Å². The molecule has 2 aliphatic heterocycles. The number of rotatable bonds is 3. The van der Waals surface area contributed by atoms with Gasteiger partial charge in [-0.3, -0.25) is 9.80 Å². The largest absolute Gasteiger partial charge is 0.316 e. The molecule has 2 unspecified atom stereocenters. The number of hydrogen-bond acceptors (Lipinski definition) is 3. The maximum atomic E-state index is 3.56. The van der Waals surface area contributed by atoms with Crippen molar-refractivity contribution in [1.29, 1.82) is 0 Å². The van der Waals surface area contributed by atoms with Gasteiger partial charge in [-0.15, -0.1) is 0 Å². The zero-order valence-corrected chi connectivity index (χ0v) is 11.8. The maximum Gasteiger partial charge on any atom is 0.0195 e. The molecule has 100 valence electrons. The van der Waals surface area contributed by atoms with Crippen LogP contribution in [0.25, 0.3) is 0 Å². The van der Waals surface area contributed by atoms with E-state index in [0.717, 1.165) is 6.04 Å². The Bertz CT molecular complexity index is 236. The first-order valence-corrected chi connectivity index (χ1v) is 7.30. The van der Waals surface area contributed by atoms with Gasteiger partial charge in [-0.2, -0.15) is 0 Å². The van der Waals surface area contributed by atoms with Crippen LogP contribution in [0.15, 0.2) is 0 Å². The van der Waals surface area contributed by atoms with E-state index in [-0.39, 0.29) is 0 Å². The van der Waals surface area contributed by atoms with Crippen LogP contribution in [0.1, 0.15) is 33.6 Å². The summed E-state index contributed by atoms with van der Waals surface area (Å²) in [4.78, 5) is 5.28. The van der Waals surface area contributed by atoms with Crippen LogP contribution < -0.4 is 5.32 Å². The first-order valence-electron chi connectivity index (χ1n) is 7.30. The Morgan fingerprint density at radius 1 is 1.35 bits per heavy atom. The lowest BCUT2D eigenvalue weighted by atomic mass is 9.82. The second-order valence-corrected chi connectivity index (χ2v) is 6.30. The number of nitrogens with zero attached hydrogens (tertiary/aromatic N) is 2. The summed E-state index contributed by atoms with van der Waals surface area (Å²) in [6.45, 7) is 15.8. The average molecular weight is 239 g/mol. The predicted molar refractivity (Wildman–Crippen MR) is 73.4 cm³/mol. The van der Waals surface area contributed by atoms with E-state index in [4.69, 9.17) is 0 Å². The van der Waals surface area contributed by atoms with Crippen LogP contribution in [0.5, 0.6) is 0 Å². The van der Waals surface area contributed by atoms with Crippen molar-refractivity contribution in [3.05, 3.63) is 0 Å². The molecule has 1 N–H and O–H groups in total. The van der Waals surface area contributed by atoms with Crippen molar-refractivity contribution in [2.75, 3.05) is 45.8 Å². The van der Waals surface area contributed by atoms with E-state index in [1.165, 1.54) is 58.7 Å². The van der Waals surface area contributed by atoms with Gasteiger partial charge in [0.1, 0.15) is 0 Å². The second-order valence-electron chi connectivity index (χ2n) is 6.30. The van der Waals surface area contributed by atoms with E-state index >= 15 is 0 Å². The number of nitrogens with one attached hydrogen (secondary N) is 1. The van der Waals surface area contributed by atoms with Gasteiger partial charge in [0.15, 0.2) is 0 Å². The molecular formula is C14H29N3. The fraction of sp³-hybridized carbons (Fsp3) is 1.00. The van der Waals surface area contributed by atoms with Crippen LogP contribution in [-0.2, 0) is 0 Å². The molecule has 0 bridgehead atoms. The molecule has 2 heterocycles. The molecular weight excluding hydrogens is 210 g/mol. The Morgan fingerprint density at radius 2 is 2.18 bits per heavy atom. The van der Waals surface area contributed by atoms with Crippen molar-refractivity contribution < 1.29 is 0 Å². The summed E-state index contributed by atoms with van der Waals surface area (Å²) in [6, 6.07) is 0.730. The highest BCUT2D eigenvalue weighted by molar-refractivity contribution is 4.87. The van der Waals surface area contributed by atoms with E-state index in [1.807, 2.05) is 0 Å². The Hall–Kier alpha value is -0.120. The van der Waals surface area contributed by atoms with E-state index < -0.39 is 0 Å². The van der Waals surface area contributed by atoms with Crippen molar-refractivity contribution >= 4 is 0 Å². The molecule has 2 saturated heterocycles. The fourth-order valence-corrected chi connectivity index (χ4v) is 3.48. The minimum absolute atomic E-state index is 0.506. The quantitative estimate of drug-likeness (QED) is 0.803. The van der Waals surface area contributed by atoms with E-state index in [1.54, 1.807) is 0 Å². The molecule has 0 aromatic carbocycles. The van der Waals surface area contributed by atoms with Gasteiger partial charge in [-0.25, -0.2) is 0 Å². The van der Waals surface area contributed by atoms with Crippen molar-refractivity contribution in [3.8, 4) is 0 Å². The first kappa shape index (κ1) is 13.3. The summed E-state index contributed by atoms with van der Waals surface area (Å²) in [6.07, 6.45) is 2.74. The molecule has 0 aliphatic carbocycles. The summed E-state index contributed by atoms with van der Waals surface area (Å²) < 4.78 is 0. The van der Waals surface area contributed by atoms with Gasteiger partial charge in [0.25, 0.3) is 0 Å². The van der Waals surface area contributed by atoms with Crippen LogP contribution >= 0.6 is 0 Å². The highest BCUT2D eigenvalue weighted by Crippen LogP contribution is 2.27. The Kier molecular flexibility index (Phi) is 4.45. The van der Waals surface area contributed by atoms with Gasteiger partial charge >= 0.3 is 0 Å². The molecule has 0 amide bonds. The minimum Gasteiger partial charge on any atom is -0.316 e. The molecule has 0 saturated carbocycles. The van der Waals surface area contributed by atoms with Gasteiger partial charge in [-0.1, -0.05) is 13.8 Å². The number of piperidine rings is 1. The molecule has 2 atom stereocenters. The molecule has 0 spiro atoms. The minimum atomic E-state index is 0.506. The molecule has 2 rings (SSSR count). The molecule has 17 heavy (non-hydrogen) atoms. The third-order valence-corrected chi connectivity index (χ3v) is 4.55. The lowest BCUT2D eigenvalue weighted by molar-refractivity contribution is 0.0502. The molecule has 2 aliphatic rings. The van der Waals surface area contributed by atoms with Crippen molar-refractivity contribution in [1.82, 2.24) is 15.1 Å². The van der Waals surface area contributed by atoms with Gasteiger partial charge in [-0.05, 0) is 38.3 Å². The van der Waals surface area contributed by atoms with Gasteiger partial charge in [0.05, 0.1) is 0 Å². The fourth-order valence-electron chi connectivity index (χ4n) is 3.48. The highest BCUT2D eigenvalue weighted by atomic mass is 15.3. The predicted octanol–water partition coefficient (Wildman–Crippen LogP) is 1.40. The molecule has 2 fully saturated rings. The summed E-state index contributed by atoms with van der Waals surface area (Å²) in [5, 5.41) is 3.56. The SMILES string of the molecule is CCN1CCN(CC2(C)CCCNC2)CC1C. The molecule has 3 nitrogen and oxygen atoms in total. The Balaban J connectivity index is 1.83. The topological polar surface area (TPSA) is 18.5 Å². The maximum absolute atomic E-state index is 3.56. The normalized spacial score (nSPS) is 37.2. The zero-order valence-electron chi connectivity index (χ0n) is 11.8. The van der Waals surface area contributed by atoms with Crippen LogP contribution in [0.4, 0.5) is 0 Å². The number of piperazine rings is 1. The highest BCUT2D eigenvalue weighted by Gasteiger charge is 2.31. The Labute approximate surface area is 107 Å². The summed E-state index contributed by atoms with van der Waals surface area (Å²) >= 11 is 0. The smallest absolute Gasteiger partial charge is 0.0195 e. The third kappa shape index (κ3) is 3.43. The lowest BCUT2D eigenvalue weighted by Gasteiger charge is -2.44. The summed E-state index contributed by atoms with van der Waals surface area (Å²) in [5.74, 6) is 0. The first-order chi connectivity index (χ1) is 8.13. The van der Waals surface area contributed by atoms with E-state index in [9.17, 15) is 0 Å². The van der Waals surface area contributed by atoms with E-state index in [0.29, 0.717) is 5.41 Å². The Morgan fingerprint density at radius 3 is 2.76 bits per heavy atom. The standard InChI is InChI=1S/C14H29N3/c1-4-17-9-8-16(10-13(17)2)12-14(3)6-5-7-15-11-14/h13,15H,4-12H2,1-3H3. The van der Waals surface area contributed by atoms with Crippen LogP contribution in [0.2, 0.25) is 0 Å². The van der Waals surface area contributed by atoms with Crippen LogP contribution in [0.3, 0.4) is 0 Å². The zero-order chi connectivity index (χ0) is 12.3. The van der Waals surface area contributed by atoms with Crippen molar-refractivity contribution in [2.45, 2.75) is 39.7 Å². The summed E-state index contributed by atoms with van der Waals surface area (Å²) in [5.41, 5.74) is 0.506. The monoisotopic (exact) mass is 239 g/mol. The third-order valence-electron chi connectivity index (χ3n) is 4.55. The van der Waals surface area contributed by atoms with Crippen molar-refractivity contribution in [3.63, 3.8) is 0 Å². The van der Waals surface area contributed by atoms with Gasteiger partial charge in [0, 0.05) is 38.8 Å².